The van der Waals surface area contributed by atoms with Crippen molar-refractivity contribution in [3.63, 3.8) is 0 Å². The van der Waals surface area contributed by atoms with Gasteiger partial charge >= 0.3 is 0 Å². The molecule has 2 heterocycles. The fourth-order valence-corrected chi connectivity index (χ4v) is 2.48. The van der Waals surface area contributed by atoms with E-state index in [1.807, 2.05) is 6.92 Å². The van der Waals surface area contributed by atoms with Gasteiger partial charge in [0.1, 0.15) is 10.8 Å². The van der Waals surface area contributed by atoms with Gasteiger partial charge in [0, 0.05) is 33.0 Å². The monoisotopic (exact) mass is 296 g/mol. The van der Waals surface area contributed by atoms with Crippen LogP contribution in [0.1, 0.15) is 30.5 Å². The number of ether oxygens (including phenoxy) is 1. The highest BCUT2D eigenvalue weighted by Crippen LogP contribution is 2.16. The summed E-state index contributed by atoms with van der Waals surface area (Å²) in [5.41, 5.74) is 0. The second kappa shape index (κ2) is 7.41. The lowest BCUT2D eigenvalue weighted by molar-refractivity contribution is 0.199. The second-order valence-corrected chi connectivity index (χ2v) is 5.25. The Bertz CT molecular complexity index is 538. The lowest BCUT2D eigenvalue weighted by Crippen LogP contribution is -2.18. The molecule has 1 N–H and O–H groups in total. The number of nitrogens with one attached hydrogen (secondary N) is 1. The van der Waals surface area contributed by atoms with Crippen molar-refractivity contribution in [1.29, 1.82) is 0 Å². The molecule has 8 heteroatoms. The van der Waals surface area contributed by atoms with Crippen molar-refractivity contribution in [1.82, 2.24) is 30.3 Å². The van der Waals surface area contributed by atoms with Crippen LogP contribution in [0.2, 0.25) is 0 Å². The van der Waals surface area contributed by atoms with E-state index in [9.17, 15) is 0 Å². The van der Waals surface area contributed by atoms with Crippen molar-refractivity contribution in [2.45, 2.75) is 33.2 Å². The van der Waals surface area contributed by atoms with E-state index in [0.29, 0.717) is 13.2 Å². The third-order valence-corrected chi connectivity index (χ3v) is 3.65. The Labute approximate surface area is 122 Å². The van der Waals surface area contributed by atoms with Crippen molar-refractivity contribution < 1.29 is 4.74 Å². The van der Waals surface area contributed by atoms with E-state index in [4.69, 9.17) is 4.74 Å². The summed E-state index contributed by atoms with van der Waals surface area (Å²) in [6, 6.07) is 0. The van der Waals surface area contributed by atoms with Crippen LogP contribution in [0.25, 0.3) is 5.13 Å². The standard InChI is InChI=1S/C12H20N6OS/c1-4-9-14-10(5-2)18(17-9)12-16-15-11(20-12)8-13-6-7-19-3/h13H,4-8H2,1-3H3. The summed E-state index contributed by atoms with van der Waals surface area (Å²) in [5.74, 6) is 1.77. The van der Waals surface area contributed by atoms with E-state index < -0.39 is 0 Å². The van der Waals surface area contributed by atoms with Crippen LogP contribution in [0, 0.1) is 0 Å². The number of aromatic nitrogens is 5. The van der Waals surface area contributed by atoms with Crippen molar-refractivity contribution in [3.8, 4) is 5.13 Å². The van der Waals surface area contributed by atoms with Gasteiger partial charge in [0.15, 0.2) is 5.82 Å². The van der Waals surface area contributed by atoms with Gasteiger partial charge in [-0.2, -0.15) is 4.68 Å². The molecule has 0 amide bonds. The van der Waals surface area contributed by atoms with Crippen LogP contribution in [-0.4, -0.2) is 45.2 Å². The number of aryl methyl sites for hydroxylation is 2. The van der Waals surface area contributed by atoms with E-state index in [1.165, 1.54) is 11.3 Å². The third kappa shape index (κ3) is 3.59. The van der Waals surface area contributed by atoms with Gasteiger partial charge < -0.3 is 10.1 Å². The molecular formula is C12H20N6OS. The van der Waals surface area contributed by atoms with Gasteiger partial charge in [-0.05, 0) is 0 Å². The highest BCUT2D eigenvalue weighted by Gasteiger charge is 2.13. The Morgan fingerprint density at radius 1 is 1.25 bits per heavy atom. The Hall–Kier alpha value is -1.38. The number of rotatable bonds is 8. The molecule has 0 unspecified atom stereocenters. The van der Waals surface area contributed by atoms with Crippen molar-refractivity contribution >= 4 is 11.3 Å². The molecule has 0 aliphatic carbocycles. The first-order chi connectivity index (χ1) is 9.78. The molecule has 2 rings (SSSR count). The molecule has 0 aliphatic rings. The largest absolute Gasteiger partial charge is 0.383 e. The van der Waals surface area contributed by atoms with Crippen LogP contribution < -0.4 is 5.32 Å². The van der Waals surface area contributed by atoms with Crippen LogP contribution in [-0.2, 0) is 24.1 Å². The molecule has 2 aromatic rings. The predicted octanol–water partition coefficient (Wildman–Crippen LogP) is 0.980. The molecular weight excluding hydrogens is 276 g/mol. The average molecular weight is 296 g/mol. The molecule has 0 atom stereocenters. The summed E-state index contributed by atoms with van der Waals surface area (Å²) in [4.78, 5) is 4.48. The zero-order chi connectivity index (χ0) is 14.4. The molecule has 0 aliphatic heterocycles. The maximum Gasteiger partial charge on any atom is 0.234 e. The number of nitrogens with zero attached hydrogens (tertiary/aromatic N) is 5. The highest BCUT2D eigenvalue weighted by molar-refractivity contribution is 7.13. The zero-order valence-electron chi connectivity index (χ0n) is 12.1. The number of hydrogen-bond acceptors (Lipinski definition) is 7. The summed E-state index contributed by atoms with van der Waals surface area (Å²) >= 11 is 1.53. The maximum atomic E-state index is 4.98. The zero-order valence-corrected chi connectivity index (χ0v) is 12.9. The van der Waals surface area contributed by atoms with Crippen molar-refractivity contribution in [2.24, 2.45) is 0 Å². The van der Waals surface area contributed by atoms with Gasteiger partial charge in [0.25, 0.3) is 0 Å². The molecule has 0 aromatic carbocycles. The summed E-state index contributed by atoms with van der Waals surface area (Å²) in [6.45, 7) is 6.29. The summed E-state index contributed by atoms with van der Waals surface area (Å²) in [5, 5.41) is 17.8. The topological polar surface area (TPSA) is 77.8 Å². The number of hydrogen-bond donors (Lipinski definition) is 1. The van der Waals surface area contributed by atoms with Gasteiger partial charge in [0.05, 0.1) is 6.61 Å². The minimum Gasteiger partial charge on any atom is -0.383 e. The van der Waals surface area contributed by atoms with Gasteiger partial charge in [-0.15, -0.1) is 15.3 Å². The molecule has 0 saturated carbocycles. The molecule has 110 valence electrons. The number of methoxy groups -OCH3 is 1. The van der Waals surface area contributed by atoms with Gasteiger partial charge in [-0.1, -0.05) is 25.2 Å². The normalized spacial score (nSPS) is 11.2. The fourth-order valence-electron chi connectivity index (χ4n) is 1.69. The van der Waals surface area contributed by atoms with E-state index in [1.54, 1.807) is 11.8 Å². The van der Waals surface area contributed by atoms with Crippen LogP contribution in [0.15, 0.2) is 0 Å². The van der Waals surface area contributed by atoms with Crippen LogP contribution in [0.5, 0.6) is 0 Å². The quantitative estimate of drug-likeness (QED) is 0.732. The Kier molecular flexibility index (Phi) is 5.57. The Morgan fingerprint density at radius 3 is 2.80 bits per heavy atom. The molecule has 0 saturated heterocycles. The predicted molar refractivity (Wildman–Crippen MR) is 77.2 cm³/mol. The smallest absolute Gasteiger partial charge is 0.234 e. The van der Waals surface area contributed by atoms with Crippen molar-refractivity contribution in [3.05, 3.63) is 16.7 Å². The van der Waals surface area contributed by atoms with Crippen LogP contribution in [0.3, 0.4) is 0 Å². The second-order valence-electron chi connectivity index (χ2n) is 4.21. The van der Waals surface area contributed by atoms with E-state index in [-0.39, 0.29) is 0 Å². The van der Waals surface area contributed by atoms with Crippen LogP contribution >= 0.6 is 11.3 Å². The molecule has 0 spiro atoms. The van der Waals surface area contributed by atoms with Crippen molar-refractivity contribution in [2.75, 3.05) is 20.3 Å². The molecule has 20 heavy (non-hydrogen) atoms. The van der Waals surface area contributed by atoms with E-state index >= 15 is 0 Å². The van der Waals surface area contributed by atoms with Gasteiger partial charge in [-0.3, -0.25) is 0 Å². The first-order valence-electron chi connectivity index (χ1n) is 6.75. The highest BCUT2D eigenvalue weighted by atomic mass is 32.1. The Morgan fingerprint density at radius 2 is 2.10 bits per heavy atom. The summed E-state index contributed by atoms with van der Waals surface area (Å²) in [6.07, 6.45) is 1.65. The lowest BCUT2D eigenvalue weighted by atomic mass is 10.4. The minimum absolute atomic E-state index is 0.689. The maximum absolute atomic E-state index is 4.98. The first-order valence-corrected chi connectivity index (χ1v) is 7.57. The van der Waals surface area contributed by atoms with E-state index in [0.717, 1.165) is 41.2 Å². The van der Waals surface area contributed by atoms with Crippen LogP contribution in [0.4, 0.5) is 0 Å². The first kappa shape index (κ1) is 15.0. The van der Waals surface area contributed by atoms with E-state index in [2.05, 4.69) is 32.5 Å². The molecule has 0 fully saturated rings. The summed E-state index contributed by atoms with van der Waals surface area (Å²) < 4.78 is 6.78. The minimum atomic E-state index is 0.689. The average Bonchev–Trinajstić information content (AvgIpc) is 3.09. The fraction of sp³-hybridized carbons (Fsp3) is 0.667. The molecule has 7 nitrogen and oxygen atoms in total. The summed E-state index contributed by atoms with van der Waals surface area (Å²) in [7, 11) is 1.69. The third-order valence-electron chi connectivity index (χ3n) is 2.75. The van der Waals surface area contributed by atoms with Gasteiger partial charge in [0.2, 0.25) is 5.13 Å². The molecule has 0 radical (unpaired) electrons. The Balaban J connectivity index is 2.06. The lowest BCUT2D eigenvalue weighted by Gasteiger charge is -1.99. The SMILES string of the molecule is CCc1nc(CC)n(-c2nnc(CNCCOC)s2)n1. The molecule has 2 aromatic heterocycles. The van der Waals surface area contributed by atoms with Gasteiger partial charge in [-0.25, -0.2) is 4.98 Å². The molecule has 0 bridgehead atoms.